The van der Waals surface area contributed by atoms with Gasteiger partial charge in [0.1, 0.15) is 0 Å². The maximum absolute atomic E-state index is 12.3. The van der Waals surface area contributed by atoms with Crippen LogP contribution in [0.2, 0.25) is 5.02 Å². The molecule has 104 valence electrons. The molecular formula is C15H16ClN3O. The first-order valence-corrected chi connectivity index (χ1v) is 7.11. The highest BCUT2D eigenvalue weighted by molar-refractivity contribution is 6.33. The van der Waals surface area contributed by atoms with Gasteiger partial charge in [0.15, 0.2) is 5.69 Å². The Kier molecular flexibility index (Phi) is 3.49. The summed E-state index contributed by atoms with van der Waals surface area (Å²) in [5.41, 5.74) is 2.81. The second-order valence-electron chi connectivity index (χ2n) is 5.12. The highest BCUT2D eigenvalue weighted by Gasteiger charge is 2.23. The molecule has 1 heterocycles. The van der Waals surface area contributed by atoms with Crippen LogP contribution in [0.15, 0.2) is 30.5 Å². The van der Waals surface area contributed by atoms with Crippen LogP contribution in [-0.4, -0.2) is 15.7 Å². The van der Waals surface area contributed by atoms with Crippen LogP contribution in [-0.2, 0) is 13.5 Å². The predicted molar refractivity (Wildman–Crippen MR) is 77.8 cm³/mol. The maximum Gasteiger partial charge on any atom is 0.273 e. The molecule has 1 N–H and O–H groups in total. The summed E-state index contributed by atoms with van der Waals surface area (Å²) in [6.07, 6.45) is 4.74. The molecule has 1 aromatic heterocycles. The number of aryl methyl sites for hydroxylation is 2. The summed E-state index contributed by atoms with van der Waals surface area (Å²) >= 11 is 6.01. The molecule has 20 heavy (non-hydrogen) atoms. The molecule has 5 heteroatoms. The van der Waals surface area contributed by atoms with Crippen LogP contribution < -0.4 is 5.32 Å². The van der Waals surface area contributed by atoms with Gasteiger partial charge in [0.05, 0.1) is 11.1 Å². The molecule has 0 aliphatic heterocycles. The molecule has 1 amide bonds. The third-order valence-corrected chi connectivity index (χ3v) is 3.95. The minimum atomic E-state index is -0.211. The van der Waals surface area contributed by atoms with E-state index < -0.39 is 0 Å². The molecule has 0 saturated heterocycles. The van der Waals surface area contributed by atoms with E-state index in [9.17, 15) is 4.79 Å². The van der Waals surface area contributed by atoms with E-state index in [1.165, 1.54) is 11.1 Å². The Morgan fingerprint density at radius 2 is 2.25 bits per heavy atom. The largest absolute Gasteiger partial charge is 0.344 e. The number of aromatic nitrogens is 2. The summed E-state index contributed by atoms with van der Waals surface area (Å²) in [6, 6.07) is 8.31. The fraction of sp³-hybridized carbons (Fsp3) is 0.333. The van der Waals surface area contributed by atoms with Crippen molar-refractivity contribution in [1.29, 1.82) is 0 Å². The summed E-state index contributed by atoms with van der Waals surface area (Å²) in [7, 11) is 1.75. The highest BCUT2D eigenvalue weighted by atomic mass is 35.5. The molecule has 1 aliphatic carbocycles. The lowest BCUT2D eigenvalue weighted by molar-refractivity contribution is 0.0927. The lowest BCUT2D eigenvalue weighted by atomic mass is 9.88. The summed E-state index contributed by atoms with van der Waals surface area (Å²) < 4.78 is 1.55. The van der Waals surface area contributed by atoms with Gasteiger partial charge in [0, 0.05) is 13.2 Å². The van der Waals surface area contributed by atoms with Crippen LogP contribution in [0.4, 0.5) is 0 Å². The number of carbonyl (C=O) groups is 1. The number of hydrogen-bond donors (Lipinski definition) is 1. The van der Waals surface area contributed by atoms with Crippen molar-refractivity contribution in [2.75, 3.05) is 0 Å². The lowest BCUT2D eigenvalue weighted by Gasteiger charge is -2.26. The van der Waals surface area contributed by atoms with Crippen molar-refractivity contribution in [3.63, 3.8) is 0 Å². The predicted octanol–water partition coefficient (Wildman–Crippen LogP) is 2.88. The third-order valence-electron chi connectivity index (χ3n) is 3.67. The van der Waals surface area contributed by atoms with Crippen molar-refractivity contribution in [3.05, 3.63) is 52.3 Å². The van der Waals surface area contributed by atoms with Crippen LogP contribution in [0.1, 0.15) is 40.5 Å². The number of rotatable bonds is 2. The molecule has 0 spiro atoms. The molecule has 0 fully saturated rings. The second kappa shape index (κ2) is 5.29. The smallest absolute Gasteiger partial charge is 0.273 e. The topological polar surface area (TPSA) is 46.9 Å². The van der Waals surface area contributed by atoms with E-state index >= 15 is 0 Å². The standard InChI is InChI=1S/C15H16ClN3O/c1-19-9-12(16)14(18-19)15(20)17-13-8-4-6-10-5-2-3-7-11(10)13/h2-3,5,7,9,13H,4,6,8H2,1H3,(H,17,20)/t13-/m1/s1. The van der Waals surface area contributed by atoms with Crippen molar-refractivity contribution in [2.24, 2.45) is 7.05 Å². The fourth-order valence-corrected chi connectivity index (χ4v) is 3.01. The number of carbonyl (C=O) groups excluding carboxylic acids is 1. The lowest BCUT2D eigenvalue weighted by Crippen LogP contribution is -2.31. The second-order valence-corrected chi connectivity index (χ2v) is 5.52. The Hall–Kier alpha value is -1.81. The van der Waals surface area contributed by atoms with E-state index in [0.29, 0.717) is 5.02 Å². The minimum Gasteiger partial charge on any atom is -0.344 e. The van der Waals surface area contributed by atoms with Crippen molar-refractivity contribution >= 4 is 17.5 Å². The Labute approximate surface area is 122 Å². The van der Waals surface area contributed by atoms with Gasteiger partial charge in [0.25, 0.3) is 5.91 Å². The van der Waals surface area contributed by atoms with Gasteiger partial charge in [-0.2, -0.15) is 5.10 Å². The van der Waals surface area contributed by atoms with Crippen molar-refractivity contribution in [3.8, 4) is 0 Å². The first-order valence-electron chi connectivity index (χ1n) is 6.73. The van der Waals surface area contributed by atoms with E-state index in [1.807, 2.05) is 12.1 Å². The summed E-state index contributed by atoms with van der Waals surface area (Å²) in [5.74, 6) is -0.211. The van der Waals surface area contributed by atoms with Gasteiger partial charge in [-0.3, -0.25) is 9.48 Å². The van der Waals surface area contributed by atoms with Crippen LogP contribution in [0.3, 0.4) is 0 Å². The first-order chi connectivity index (χ1) is 9.65. The van der Waals surface area contributed by atoms with Crippen molar-refractivity contribution < 1.29 is 4.79 Å². The zero-order valence-corrected chi connectivity index (χ0v) is 12.0. The quantitative estimate of drug-likeness (QED) is 0.924. The van der Waals surface area contributed by atoms with E-state index in [4.69, 9.17) is 11.6 Å². The van der Waals surface area contributed by atoms with E-state index in [1.54, 1.807) is 17.9 Å². The van der Waals surface area contributed by atoms with Gasteiger partial charge in [-0.15, -0.1) is 0 Å². The van der Waals surface area contributed by atoms with Gasteiger partial charge in [-0.1, -0.05) is 35.9 Å². The van der Waals surface area contributed by atoms with Gasteiger partial charge in [-0.25, -0.2) is 0 Å². The number of hydrogen-bond acceptors (Lipinski definition) is 2. The van der Waals surface area contributed by atoms with E-state index in [-0.39, 0.29) is 17.6 Å². The molecule has 3 rings (SSSR count). The van der Waals surface area contributed by atoms with E-state index in [2.05, 4.69) is 22.5 Å². The molecule has 0 radical (unpaired) electrons. The first kappa shape index (κ1) is 13.2. The van der Waals surface area contributed by atoms with Gasteiger partial charge >= 0.3 is 0 Å². The Morgan fingerprint density at radius 1 is 1.45 bits per heavy atom. The molecule has 4 nitrogen and oxygen atoms in total. The van der Waals surface area contributed by atoms with Crippen LogP contribution in [0.25, 0.3) is 0 Å². The molecule has 1 aliphatic rings. The number of halogens is 1. The maximum atomic E-state index is 12.3. The van der Waals surface area contributed by atoms with Crippen molar-refractivity contribution in [1.82, 2.24) is 15.1 Å². The number of nitrogens with zero attached hydrogens (tertiary/aromatic N) is 2. The zero-order valence-electron chi connectivity index (χ0n) is 11.3. The molecule has 2 aromatic rings. The molecule has 1 atom stereocenters. The molecular weight excluding hydrogens is 274 g/mol. The van der Waals surface area contributed by atoms with Crippen LogP contribution >= 0.6 is 11.6 Å². The zero-order chi connectivity index (χ0) is 14.1. The Bertz CT molecular complexity index is 650. The van der Waals surface area contributed by atoms with Crippen molar-refractivity contribution in [2.45, 2.75) is 25.3 Å². The molecule has 0 bridgehead atoms. The Balaban J connectivity index is 1.82. The monoisotopic (exact) mass is 289 g/mol. The van der Waals surface area contributed by atoms with Gasteiger partial charge in [0.2, 0.25) is 0 Å². The number of fused-ring (bicyclic) bond motifs is 1. The van der Waals surface area contributed by atoms with Gasteiger partial charge < -0.3 is 5.32 Å². The SMILES string of the molecule is Cn1cc(Cl)c(C(=O)N[C@@H]2CCCc3ccccc32)n1. The summed E-state index contributed by atoms with van der Waals surface area (Å²) in [5, 5.41) is 7.53. The van der Waals surface area contributed by atoms with Crippen LogP contribution in [0, 0.1) is 0 Å². The molecule has 0 saturated carbocycles. The summed E-state index contributed by atoms with van der Waals surface area (Å²) in [4.78, 5) is 12.3. The minimum absolute atomic E-state index is 0.0468. The highest BCUT2D eigenvalue weighted by Crippen LogP contribution is 2.29. The average Bonchev–Trinajstić information content (AvgIpc) is 2.78. The normalized spacial score (nSPS) is 17.6. The van der Waals surface area contributed by atoms with Gasteiger partial charge in [-0.05, 0) is 30.4 Å². The Morgan fingerprint density at radius 3 is 3.00 bits per heavy atom. The summed E-state index contributed by atoms with van der Waals surface area (Å²) in [6.45, 7) is 0. The van der Waals surface area contributed by atoms with E-state index in [0.717, 1.165) is 19.3 Å². The fourth-order valence-electron chi connectivity index (χ4n) is 2.74. The van der Waals surface area contributed by atoms with Crippen LogP contribution in [0.5, 0.6) is 0 Å². The third kappa shape index (κ3) is 2.43. The average molecular weight is 290 g/mol. The molecule has 1 aromatic carbocycles. The number of nitrogens with one attached hydrogen (secondary N) is 1. The number of amides is 1. The number of benzene rings is 1. The molecule has 0 unspecified atom stereocenters.